The first-order chi connectivity index (χ1) is 12.6. The molecule has 0 unspecified atom stereocenters. The molecule has 0 radical (unpaired) electrons. The Morgan fingerprint density at radius 2 is 1.92 bits per heavy atom. The van der Waals surface area contributed by atoms with Crippen LogP contribution in [0.15, 0.2) is 34.9 Å². The third-order valence-corrected chi connectivity index (χ3v) is 3.60. The zero-order chi connectivity index (χ0) is 18.8. The first-order valence-electron chi connectivity index (χ1n) is 8.88. The van der Waals surface area contributed by atoms with Crippen molar-refractivity contribution in [1.82, 2.24) is 10.5 Å². The van der Waals surface area contributed by atoms with Gasteiger partial charge in [-0.05, 0) is 37.1 Å². The smallest absolute Gasteiger partial charge is 0.273 e. The predicted molar refractivity (Wildman–Crippen MR) is 98.1 cm³/mol. The van der Waals surface area contributed by atoms with E-state index in [0.29, 0.717) is 24.5 Å². The second kappa shape index (κ2) is 10.2. The van der Waals surface area contributed by atoms with Crippen molar-refractivity contribution in [3.63, 3.8) is 0 Å². The van der Waals surface area contributed by atoms with Gasteiger partial charge in [-0.25, -0.2) is 0 Å². The minimum absolute atomic E-state index is 0.00688. The number of amides is 2. The highest BCUT2D eigenvalue weighted by atomic mass is 16.5. The van der Waals surface area contributed by atoms with Crippen molar-refractivity contribution < 1.29 is 18.8 Å². The van der Waals surface area contributed by atoms with E-state index in [1.807, 2.05) is 6.92 Å². The molecular formula is C19H25N3O4. The van der Waals surface area contributed by atoms with Crippen LogP contribution in [0.1, 0.15) is 55.8 Å². The van der Waals surface area contributed by atoms with E-state index in [9.17, 15) is 9.59 Å². The predicted octanol–water partition coefficient (Wildman–Crippen LogP) is 3.52. The van der Waals surface area contributed by atoms with Crippen molar-refractivity contribution in [3.05, 3.63) is 41.8 Å². The molecular weight excluding hydrogens is 334 g/mol. The Hall–Kier alpha value is -2.83. The maximum absolute atomic E-state index is 11.9. The summed E-state index contributed by atoms with van der Waals surface area (Å²) in [7, 11) is 0. The van der Waals surface area contributed by atoms with E-state index in [1.54, 1.807) is 30.3 Å². The molecule has 0 bridgehead atoms. The first kappa shape index (κ1) is 19.5. The van der Waals surface area contributed by atoms with E-state index in [1.165, 1.54) is 0 Å². The molecule has 2 N–H and O–H groups in total. The van der Waals surface area contributed by atoms with Gasteiger partial charge < -0.3 is 19.9 Å². The van der Waals surface area contributed by atoms with Gasteiger partial charge in [0, 0.05) is 24.7 Å². The molecule has 1 aromatic heterocycles. The maximum Gasteiger partial charge on any atom is 0.273 e. The van der Waals surface area contributed by atoms with Gasteiger partial charge in [0.25, 0.3) is 5.91 Å². The molecule has 2 rings (SSSR count). The van der Waals surface area contributed by atoms with Gasteiger partial charge in [-0.2, -0.15) is 0 Å². The number of aromatic nitrogens is 1. The summed E-state index contributed by atoms with van der Waals surface area (Å²) in [5.41, 5.74) is 0.968. The number of benzene rings is 1. The summed E-state index contributed by atoms with van der Waals surface area (Å²) in [4.78, 5) is 23.4. The number of carbonyl (C=O) groups is 2. The quantitative estimate of drug-likeness (QED) is 0.633. The third kappa shape index (κ3) is 6.23. The van der Waals surface area contributed by atoms with Crippen LogP contribution in [0.4, 0.5) is 5.69 Å². The number of ether oxygens (including phenoxy) is 1. The van der Waals surface area contributed by atoms with Crippen molar-refractivity contribution >= 4 is 17.5 Å². The summed E-state index contributed by atoms with van der Waals surface area (Å²) in [6.45, 7) is 4.80. The van der Waals surface area contributed by atoms with Gasteiger partial charge in [0.05, 0.1) is 0 Å². The summed E-state index contributed by atoms with van der Waals surface area (Å²) in [5, 5.41) is 9.35. The molecule has 140 valence electrons. The fraction of sp³-hybridized carbons (Fsp3) is 0.421. The van der Waals surface area contributed by atoms with Crippen LogP contribution in [0.3, 0.4) is 0 Å². The monoisotopic (exact) mass is 359 g/mol. The maximum atomic E-state index is 11.9. The fourth-order valence-electron chi connectivity index (χ4n) is 2.20. The molecule has 0 aliphatic rings. The lowest BCUT2D eigenvalue weighted by Crippen LogP contribution is -2.24. The molecule has 0 fully saturated rings. The summed E-state index contributed by atoms with van der Waals surface area (Å²) in [6.07, 6.45) is 3.24. The molecule has 7 heteroatoms. The van der Waals surface area contributed by atoms with Crippen LogP contribution in [0.5, 0.6) is 5.75 Å². The molecule has 0 aliphatic heterocycles. The normalized spacial score (nSPS) is 10.4. The molecule has 0 spiro atoms. The number of rotatable bonds is 10. The zero-order valence-electron chi connectivity index (χ0n) is 15.2. The van der Waals surface area contributed by atoms with Crippen molar-refractivity contribution in [2.75, 3.05) is 11.9 Å². The largest absolute Gasteiger partial charge is 0.486 e. The minimum Gasteiger partial charge on any atom is -0.486 e. The lowest BCUT2D eigenvalue weighted by atomic mass is 10.2. The Balaban J connectivity index is 1.81. The van der Waals surface area contributed by atoms with Gasteiger partial charge in [-0.1, -0.05) is 25.4 Å². The van der Waals surface area contributed by atoms with E-state index >= 15 is 0 Å². The lowest BCUT2D eigenvalue weighted by molar-refractivity contribution is -0.116. The highest BCUT2D eigenvalue weighted by molar-refractivity contribution is 5.92. The van der Waals surface area contributed by atoms with Crippen LogP contribution in [-0.2, 0) is 11.4 Å². The Labute approximate surface area is 153 Å². The van der Waals surface area contributed by atoms with Crippen LogP contribution in [0.25, 0.3) is 0 Å². The highest BCUT2D eigenvalue weighted by Gasteiger charge is 2.12. The molecule has 2 amide bonds. The summed E-state index contributed by atoms with van der Waals surface area (Å²) < 4.78 is 10.7. The van der Waals surface area contributed by atoms with Crippen molar-refractivity contribution in [1.29, 1.82) is 0 Å². The Morgan fingerprint density at radius 3 is 2.62 bits per heavy atom. The van der Waals surface area contributed by atoms with Gasteiger partial charge >= 0.3 is 0 Å². The Kier molecular flexibility index (Phi) is 7.67. The number of hydrogen-bond acceptors (Lipinski definition) is 5. The fourth-order valence-corrected chi connectivity index (χ4v) is 2.20. The Bertz CT molecular complexity index is 710. The number of nitrogens with one attached hydrogen (secondary N) is 2. The van der Waals surface area contributed by atoms with Crippen LogP contribution < -0.4 is 15.4 Å². The highest BCUT2D eigenvalue weighted by Crippen LogP contribution is 2.17. The second-order valence-corrected chi connectivity index (χ2v) is 5.90. The Morgan fingerprint density at radius 1 is 1.15 bits per heavy atom. The number of hydrogen-bond donors (Lipinski definition) is 2. The molecule has 26 heavy (non-hydrogen) atoms. The van der Waals surface area contributed by atoms with Crippen LogP contribution in [0, 0.1) is 0 Å². The van der Waals surface area contributed by atoms with E-state index in [0.717, 1.165) is 24.9 Å². The summed E-state index contributed by atoms with van der Waals surface area (Å²) >= 11 is 0. The van der Waals surface area contributed by atoms with Crippen LogP contribution >= 0.6 is 0 Å². The van der Waals surface area contributed by atoms with Crippen molar-refractivity contribution in [2.45, 2.75) is 46.1 Å². The standard InChI is InChI=1S/C19H25N3O4/c1-3-5-11-20-19(24)17-12-16(26-22-17)13-25-15-9-7-14(8-10-15)21-18(23)6-4-2/h7-10,12H,3-6,11,13H2,1-2H3,(H,20,24)(H,21,23). The summed E-state index contributed by atoms with van der Waals surface area (Å²) in [5.74, 6) is 0.836. The second-order valence-electron chi connectivity index (χ2n) is 5.90. The van der Waals surface area contributed by atoms with Gasteiger partial charge in [0.2, 0.25) is 5.91 Å². The van der Waals surface area contributed by atoms with Gasteiger partial charge in [-0.3, -0.25) is 9.59 Å². The van der Waals surface area contributed by atoms with Gasteiger partial charge in [-0.15, -0.1) is 0 Å². The number of unbranched alkanes of at least 4 members (excludes halogenated alkanes) is 1. The number of anilines is 1. The van der Waals surface area contributed by atoms with Crippen molar-refractivity contribution in [2.24, 2.45) is 0 Å². The molecule has 0 aliphatic carbocycles. The van der Waals surface area contributed by atoms with Gasteiger partial charge in [0.15, 0.2) is 11.5 Å². The van der Waals surface area contributed by atoms with E-state index in [4.69, 9.17) is 9.26 Å². The number of nitrogens with zero attached hydrogens (tertiary/aromatic N) is 1. The van der Waals surface area contributed by atoms with E-state index < -0.39 is 0 Å². The van der Waals surface area contributed by atoms with E-state index in [2.05, 4.69) is 22.7 Å². The molecule has 1 heterocycles. The third-order valence-electron chi connectivity index (χ3n) is 3.60. The summed E-state index contributed by atoms with van der Waals surface area (Å²) in [6, 6.07) is 8.64. The van der Waals surface area contributed by atoms with Gasteiger partial charge in [0.1, 0.15) is 12.4 Å². The lowest BCUT2D eigenvalue weighted by Gasteiger charge is -2.07. The molecule has 0 saturated carbocycles. The van der Waals surface area contributed by atoms with Crippen LogP contribution in [-0.4, -0.2) is 23.5 Å². The molecule has 0 atom stereocenters. The number of carbonyl (C=O) groups excluding carboxylic acids is 2. The van der Waals surface area contributed by atoms with E-state index in [-0.39, 0.29) is 24.1 Å². The molecule has 2 aromatic rings. The molecule has 0 saturated heterocycles. The van der Waals surface area contributed by atoms with Crippen LogP contribution in [0.2, 0.25) is 0 Å². The first-order valence-corrected chi connectivity index (χ1v) is 8.88. The zero-order valence-corrected chi connectivity index (χ0v) is 15.2. The molecule has 7 nitrogen and oxygen atoms in total. The van der Waals surface area contributed by atoms with Crippen molar-refractivity contribution in [3.8, 4) is 5.75 Å². The minimum atomic E-state index is -0.249. The average molecular weight is 359 g/mol. The molecule has 1 aromatic carbocycles. The average Bonchev–Trinajstić information content (AvgIpc) is 3.10. The topological polar surface area (TPSA) is 93.5 Å². The SMILES string of the molecule is CCCCNC(=O)c1cc(COc2ccc(NC(=O)CCC)cc2)on1.